The number of benzene rings is 2. The molecule has 0 saturated carbocycles. The molecular formula is C29H34ClN5O4. The zero-order valence-corrected chi connectivity index (χ0v) is 22.9. The topological polar surface area (TPSA) is 128 Å². The highest BCUT2D eigenvalue weighted by molar-refractivity contribution is 6.33. The number of nitrogens with zero attached hydrogens (tertiary/aromatic N) is 3. The molecular weight excluding hydrogens is 518 g/mol. The molecule has 2 heterocycles. The van der Waals surface area contributed by atoms with Gasteiger partial charge in [0.05, 0.1) is 11.2 Å². The number of rotatable bonds is 9. The number of carboxylic acid groups (broad SMARTS) is 1. The fourth-order valence-electron chi connectivity index (χ4n) is 5.39. The quantitative estimate of drug-likeness (QED) is 0.277. The predicted octanol–water partition coefficient (Wildman–Crippen LogP) is 4.93. The smallest absolute Gasteiger partial charge is 0.404 e. The molecule has 1 aliphatic rings. The second-order valence-electron chi connectivity index (χ2n) is 9.93. The number of amides is 2. The van der Waals surface area contributed by atoms with Gasteiger partial charge in [-0.25, -0.2) is 14.8 Å². The van der Waals surface area contributed by atoms with E-state index in [1.165, 1.54) is 12.4 Å². The maximum atomic E-state index is 13.4. The number of aliphatic hydroxyl groups is 1. The largest absolute Gasteiger partial charge is 0.465 e. The summed E-state index contributed by atoms with van der Waals surface area (Å²) in [6, 6.07) is 13.5. The van der Waals surface area contributed by atoms with Crippen LogP contribution in [-0.4, -0.2) is 63.8 Å². The van der Waals surface area contributed by atoms with Crippen molar-refractivity contribution in [2.75, 3.05) is 32.0 Å². The van der Waals surface area contributed by atoms with Crippen LogP contribution < -0.4 is 10.6 Å². The van der Waals surface area contributed by atoms with E-state index in [0.29, 0.717) is 60.9 Å². The van der Waals surface area contributed by atoms with Gasteiger partial charge in [0.1, 0.15) is 0 Å². The molecule has 39 heavy (non-hydrogen) atoms. The van der Waals surface area contributed by atoms with Crippen LogP contribution in [0.5, 0.6) is 0 Å². The van der Waals surface area contributed by atoms with Crippen LogP contribution in [0.3, 0.4) is 0 Å². The molecule has 9 nitrogen and oxygen atoms in total. The van der Waals surface area contributed by atoms with Gasteiger partial charge in [-0.1, -0.05) is 53.6 Å². The first-order chi connectivity index (χ1) is 18.7. The first-order valence-electron chi connectivity index (χ1n) is 13.1. The number of likely N-dealkylation sites (tertiary alicyclic amines) is 1. The molecule has 0 bridgehead atoms. The standard InChI is InChI=1S/C29H34ClN5O4/c1-19-7-3-8-20(15-19)25-23(10-4-11-24(25)30)29(39,12-6-13-32-28(37)38)22-9-5-14-35(18-22)26(36)21-16-33-27(31-2)34-17-21/h3-4,7-8,10-11,15-17,22,32,39H,5-6,9,12-14,18H2,1-2H3,(H,37,38)(H,31,33,34). The molecule has 3 aromatic rings. The molecule has 1 aromatic heterocycles. The summed E-state index contributed by atoms with van der Waals surface area (Å²) >= 11 is 6.76. The molecule has 1 aliphatic heterocycles. The van der Waals surface area contributed by atoms with E-state index >= 15 is 0 Å². The molecule has 10 heteroatoms. The SMILES string of the molecule is CNc1ncc(C(=O)N2CCCC(C(O)(CCCNC(=O)O)c3cccc(Cl)c3-c3cccc(C)c3)C2)cn1. The van der Waals surface area contributed by atoms with E-state index < -0.39 is 11.7 Å². The number of anilines is 1. The average Bonchev–Trinajstić information content (AvgIpc) is 2.94. The van der Waals surface area contributed by atoms with E-state index in [9.17, 15) is 14.7 Å². The number of hydrogen-bond acceptors (Lipinski definition) is 6. The molecule has 0 aliphatic carbocycles. The van der Waals surface area contributed by atoms with Crippen molar-refractivity contribution in [1.29, 1.82) is 0 Å². The third-order valence-electron chi connectivity index (χ3n) is 7.30. The summed E-state index contributed by atoms with van der Waals surface area (Å²) in [7, 11) is 1.71. The van der Waals surface area contributed by atoms with Crippen molar-refractivity contribution < 1.29 is 19.8 Å². The van der Waals surface area contributed by atoms with Gasteiger partial charge in [0.15, 0.2) is 0 Å². The lowest BCUT2D eigenvalue weighted by Gasteiger charge is -2.43. The van der Waals surface area contributed by atoms with Gasteiger partial charge >= 0.3 is 6.09 Å². The van der Waals surface area contributed by atoms with Crippen molar-refractivity contribution >= 4 is 29.5 Å². The van der Waals surface area contributed by atoms with Crippen molar-refractivity contribution in [3.05, 3.63) is 76.6 Å². The summed E-state index contributed by atoms with van der Waals surface area (Å²) in [6.45, 7) is 3.08. The van der Waals surface area contributed by atoms with Gasteiger partial charge in [0, 0.05) is 55.6 Å². The van der Waals surface area contributed by atoms with Crippen molar-refractivity contribution in [2.45, 2.75) is 38.2 Å². The Labute approximate surface area is 233 Å². The second-order valence-corrected chi connectivity index (χ2v) is 10.3. The lowest BCUT2D eigenvalue weighted by molar-refractivity contribution is -0.0563. The molecule has 4 N–H and O–H groups in total. The van der Waals surface area contributed by atoms with Gasteiger partial charge < -0.3 is 25.7 Å². The summed E-state index contributed by atoms with van der Waals surface area (Å²) in [6.07, 6.45) is 4.00. The van der Waals surface area contributed by atoms with Gasteiger partial charge in [-0.2, -0.15) is 0 Å². The maximum Gasteiger partial charge on any atom is 0.404 e. The zero-order valence-electron chi connectivity index (χ0n) is 22.2. The molecule has 2 amide bonds. The Bertz CT molecular complexity index is 1320. The van der Waals surface area contributed by atoms with E-state index in [-0.39, 0.29) is 18.4 Å². The van der Waals surface area contributed by atoms with Crippen molar-refractivity contribution in [3.63, 3.8) is 0 Å². The van der Waals surface area contributed by atoms with Crippen LogP contribution in [0.2, 0.25) is 5.02 Å². The average molecular weight is 552 g/mol. The number of aryl methyl sites for hydroxylation is 1. The normalized spacial score (nSPS) is 16.8. The monoisotopic (exact) mass is 551 g/mol. The van der Waals surface area contributed by atoms with Crippen molar-refractivity contribution in [2.24, 2.45) is 5.92 Å². The molecule has 1 saturated heterocycles. The van der Waals surface area contributed by atoms with E-state index in [0.717, 1.165) is 16.7 Å². The minimum Gasteiger partial charge on any atom is -0.465 e. The summed E-state index contributed by atoms with van der Waals surface area (Å²) in [4.78, 5) is 34.5. The molecule has 0 spiro atoms. The van der Waals surface area contributed by atoms with Crippen LogP contribution in [0.1, 0.15) is 47.2 Å². The van der Waals surface area contributed by atoms with Crippen LogP contribution in [0.25, 0.3) is 11.1 Å². The van der Waals surface area contributed by atoms with Gasteiger partial charge in [0.2, 0.25) is 5.95 Å². The van der Waals surface area contributed by atoms with E-state index in [1.54, 1.807) is 18.0 Å². The fourth-order valence-corrected chi connectivity index (χ4v) is 5.68. The minimum atomic E-state index is -1.37. The number of carbonyl (C=O) groups is 2. The molecule has 2 unspecified atom stereocenters. The number of aromatic nitrogens is 2. The van der Waals surface area contributed by atoms with E-state index in [4.69, 9.17) is 16.7 Å². The first kappa shape index (κ1) is 28.3. The maximum absolute atomic E-state index is 13.4. The predicted molar refractivity (Wildman–Crippen MR) is 151 cm³/mol. The van der Waals surface area contributed by atoms with Crippen LogP contribution in [0.15, 0.2) is 54.9 Å². The summed E-state index contributed by atoms with van der Waals surface area (Å²) < 4.78 is 0. The Kier molecular flexibility index (Phi) is 9.04. The third-order valence-corrected chi connectivity index (χ3v) is 7.62. The molecule has 206 valence electrons. The number of piperidine rings is 1. The minimum absolute atomic E-state index is 0.192. The number of nitrogens with one attached hydrogen (secondary N) is 2. The summed E-state index contributed by atoms with van der Waals surface area (Å²) in [5.74, 6) is -0.0705. The molecule has 1 fully saturated rings. The van der Waals surface area contributed by atoms with Crippen LogP contribution >= 0.6 is 11.6 Å². The highest BCUT2D eigenvalue weighted by Crippen LogP contribution is 2.45. The Balaban J connectivity index is 1.70. The van der Waals surface area contributed by atoms with Gasteiger partial charge in [-0.05, 0) is 49.8 Å². The summed E-state index contributed by atoms with van der Waals surface area (Å²) in [5.41, 5.74) is 2.40. The van der Waals surface area contributed by atoms with Crippen molar-refractivity contribution in [1.82, 2.24) is 20.2 Å². The first-order valence-corrected chi connectivity index (χ1v) is 13.4. The van der Waals surface area contributed by atoms with Crippen LogP contribution in [0, 0.1) is 12.8 Å². The molecule has 2 atom stereocenters. The molecule has 0 radical (unpaired) electrons. The van der Waals surface area contributed by atoms with Gasteiger partial charge in [-0.3, -0.25) is 4.79 Å². The van der Waals surface area contributed by atoms with Crippen molar-refractivity contribution in [3.8, 4) is 11.1 Å². The van der Waals surface area contributed by atoms with E-state index in [1.807, 2.05) is 43.3 Å². The molecule has 4 rings (SSSR count). The Morgan fingerprint density at radius 2 is 1.92 bits per heavy atom. The number of hydrogen-bond donors (Lipinski definition) is 4. The Morgan fingerprint density at radius 1 is 1.18 bits per heavy atom. The number of carbonyl (C=O) groups excluding carboxylic acids is 1. The Morgan fingerprint density at radius 3 is 2.62 bits per heavy atom. The van der Waals surface area contributed by atoms with Gasteiger partial charge in [0.25, 0.3) is 5.91 Å². The van der Waals surface area contributed by atoms with Crippen LogP contribution in [0.4, 0.5) is 10.7 Å². The van der Waals surface area contributed by atoms with Gasteiger partial charge in [-0.15, -0.1) is 0 Å². The Hall–Kier alpha value is -3.69. The molecule has 2 aromatic carbocycles. The summed E-state index contributed by atoms with van der Waals surface area (Å²) in [5, 5.41) is 27.3. The highest BCUT2D eigenvalue weighted by Gasteiger charge is 2.43. The lowest BCUT2D eigenvalue weighted by atomic mass is 9.72. The highest BCUT2D eigenvalue weighted by atomic mass is 35.5. The second kappa shape index (κ2) is 12.4. The van der Waals surface area contributed by atoms with E-state index in [2.05, 4.69) is 20.6 Å². The fraction of sp³-hybridized carbons (Fsp3) is 0.379. The third kappa shape index (κ3) is 6.49. The van der Waals surface area contributed by atoms with Crippen LogP contribution in [-0.2, 0) is 5.60 Å². The zero-order chi connectivity index (χ0) is 28.0. The number of halogens is 1. The lowest BCUT2D eigenvalue weighted by Crippen LogP contribution is -2.48.